The Bertz CT molecular complexity index is 609. The van der Waals surface area contributed by atoms with Gasteiger partial charge in [0.1, 0.15) is 0 Å². The lowest BCUT2D eigenvalue weighted by Gasteiger charge is -2.30. The zero-order valence-corrected chi connectivity index (χ0v) is 20.4. The van der Waals surface area contributed by atoms with Crippen LogP contribution in [0.15, 0.2) is 10.4 Å². The van der Waals surface area contributed by atoms with Crippen molar-refractivity contribution in [2.75, 3.05) is 39.3 Å². The average Bonchev–Trinajstić information content (AvgIpc) is 3.11. The Morgan fingerprint density at radius 3 is 2.79 bits per heavy atom. The first-order valence-corrected chi connectivity index (χ1v) is 11.0. The first kappa shape index (κ1) is 26.4. The number of hydrogen-bond acceptors (Lipinski definition) is 4. The third kappa shape index (κ3) is 10.3. The number of unbranched alkanes of at least 4 members (excludes halogenated alkanes) is 1. The van der Waals surface area contributed by atoms with Crippen molar-refractivity contribution >= 4 is 41.3 Å². The largest absolute Gasteiger partial charge is 0.434 e. The summed E-state index contributed by atoms with van der Waals surface area (Å²) in [6.07, 6.45) is 0.884. The van der Waals surface area contributed by atoms with Crippen molar-refractivity contribution < 1.29 is 13.2 Å². The summed E-state index contributed by atoms with van der Waals surface area (Å²) in [5.74, 6) is 1.52. The normalized spacial score (nSPS) is 18.4. The Morgan fingerprint density at radius 2 is 2.14 bits per heavy atom. The van der Waals surface area contributed by atoms with Gasteiger partial charge in [0.2, 0.25) is 0 Å². The number of alkyl halides is 3. The van der Waals surface area contributed by atoms with Crippen LogP contribution < -0.4 is 10.6 Å². The Hall–Kier alpha value is -0.620. The lowest BCUT2D eigenvalue weighted by Crippen LogP contribution is -2.38. The van der Waals surface area contributed by atoms with Gasteiger partial charge < -0.3 is 15.5 Å². The number of guanidine groups is 1. The number of piperidine rings is 1. The molecule has 0 aliphatic carbocycles. The molecule has 0 amide bonds. The fraction of sp³-hybridized carbons (Fsp3) is 0.789. The van der Waals surface area contributed by atoms with Crippen molar-refractivity contribution in [2.24, 2.45) is 10.9 Å². The minimum absolute atomic E-state index is 0. The van der Waals surface area contributed by atoms with Crippen LogP contribution in [-0.4, -0.2) is 55.1 Å². The quantitative estimate of drug-likeness (QED) is 0.209. The monoisotopic (exact) mass is 547 g/mol. The molecule has 2 N–H and O–H groups in total. The van der Waals surface area contributed by atoms with Gasteiger partial charge in [-0.15, -0.1) is 35.3 Å². The van der Waals surface area contributed by atoms with Gasteiger partial charge in [-0.1, -0.05) is 6.92 Å². The molecule has 10 heteroatoms. The molecule has 1 atom stereocenters. The minimum atomic E-state index is -4.37. The molecule has 0 spiro atoms. The molecular weight excluding hydrogens is 514 g/mol. The van der Waals surface area contributed by atoms with Gasteiger partial charge in [0.15, 0.2) is 11.7 Å². The molecule has 0 radical (unpaired) electrons. The number of aromatic nitrogens is 1. The molecule has 2 heterocycles. The minimum Gasteiger partial charge on any atom is -0.357 e. The van der Waals surface area contributed by atoms with E-state index in [1.165, 1.54) is 25.9 Å². The summed E-state index contributed by atoms with van der Waals surface area (Å²) in [5.41, 5.74) is -0.809. The molecule has 168 valence electrons. The molecule has 0 aromatic carbocycles. The highest BCUT2D eigenvalue weighted by molar-refractivity contribution is 14.0. The fourth-order valence-corrected chi connectivity index (χ4v) is 4.12. The summed E-state index contributed by atoms with van der Waals surface area (Å²) < 4.78 is 37.8. The van der Waals surface area contributed by atoms with Crippen LogP contribution in [-0.2, 0) is 12.6 Å². The molecule has 29 heavy (non-hydrogen) atoms. The van der Waals surface area contributed by atoms with Crippen LogP contribution in [0.1, 0.15) is 50.2 Å². The molecule has 1 saturated heterocycles. The Labute approximate surface area is 193 Å². The Balaban J connectivity index is 0.00000420. The average molecular weight is 547 g/mol. The smallest absolute Gasteiger partial charge is 0.357 e. The van der Waals surface area contributed by atoms with Crippen molar-refractivity contribution in [3.05, 3.63) is 16.1 Å². The summed E-state index contributed by atoms with van der Waals surface area (Å²) >= 11 is 1.04. The lowest BCUT2D eigenvalue weighted by atomic mass is 10.0. The fourth-order valence-electron chi connectivity index (χ4n) is 3.31. The van der Waals surface area contributed by atoms with Gasteiger partial charge in [-0.2, -0.15) is 13.2 Å². The van der Waals surface area contributed by atoms with Crippen LogP contribution in [0.3, 0.4) is 0 Å². The van der Waals surface area contributed by atoms with Gasteiger partial charge in [0.05, 0.1) is 5.01 Å². The van der Waals surface area contributed by atoms with Crippen LogP contribution >= 0.6 is 35.3 Å². The van der Waals surface area contributed by atoms with E-state index in [2.05, 4.69) is 32.4 Å². The zero-order valence-electron chi connectivity index (χ0n) is 17.2. The number of nitrogens with one attached hydrogen (secondary N) is 2. The summed E-state index contributed by atoms with van der Waals surface area (Å²) in [6.45, 7) is 9.86. The van der Waals surface area contributed by atoms with E-state index in [9.17, 15) is 13.2 Å². The van der Waals surface area contributed by atoms with Gasteiger partial charge in [-0.25, -0.2) is 4.98 Å². The molecule has 1 fully saturated rings. The highest BCUT2D eigenvalue weighted by atomic mass is 127. The summed E-state index contributed by atoms with van der Waals surface area (Å²) in [4.78, 5) is 10.8. The van der Waals surface area contributed by atoms with Crippen molar-refractivity contribution in [3.8, 4) is 0 Å². The molecule has 0 bridgehead atoms. The number of aliphatic imine (C=N–C) groups is 1. The van der Waals surface area contributed by atoms with E-state index in [-0.39, 0.29) is 24.0 Å². The van der Waals surface area contributed by atoms with E-state index < -0.39 is 11.9 Å². The van der Waals surface area contributed by atoms with E-state index in [0.29, 0.717) is 23.9 Å². The van der Waals surface area contributed by atoms with E-state index in [1.807, 2.05) is 6.92 Å². The summed E-state index contributed by atoms with van der Waals surface area (Å²) in [6, 6.07) is 0. The third-order valence-corrected chi connectivity index (χ3v) is 5.62. The molecule has 1 aromatic heterocycles. The standard InChI is InChI=1S/C19H32F3N5S.HI/c1-3-23-18(24-9-4-5-11-27-12-6-7-15(2)13-27)25-10-8-17-26-16(14-28-17)19(20,21)22;/h14-15H,3-13H2,1-2H3,(H2,23,24,25);1H. The first-order chi connectivity index (χ1) is 13.4. The second-order valence-corrected chi connectivity index (χ2v) is 8.26. The van der Waals surface area contributed by atoms with Crippen molar-refractivity contribution in [2.45, 2.75) is 52.1 Å². The topological polar surface area (TPSA) is 52.6 Å². The van der Waals surface area contributed by atoms with Gasteiger partial charge in [-0.05, 0) is 51.6 Å². The molecule has 1 aliphatic heterocycles. The molecule has 0 saturated carbocycles. The maximum Gasteiger partial charge on any atom is 0.434 e. The van der Waals surface area contributed by atoms with Gasteiger partial charge in [0, 0.05) is 38.0 Å². The predicted molar refractivity (Wildman–Crippen MR) is 124 cm³/mol. The summed E-state index contributed by atoms with van der Waals surface area (Å²) in [7, 11) is 0. The number of nitrogens with zero attached hydrogens (tertiary/aromatic N) is 3. The van der Waals surface area contributed by atoms with Crippen molar-refractivity contribution in [3.63, 3.8) is 0 Å². The molecule has 1 aliphatic rings. The number of halogens is 4. The van der Waals surface area contributed by atoms with Crippen LogP contribution in [0.2, 0.25) is 0 Å². The summed E-state index contributed by atoms with van der Waals surface area (Å²) in [5, 5.41) is 7.90. The number of thiazole rings is 1. The van der Waals surface area contributed by atoms with E-state index in [0.717, 1.165) is 55.1 Å². The number of likely N-dealkylation sites (tertiary alicyclic amines) is 1. The lowest BCUT2D eigenvalue weighted by molar-refractivity contribution is -0.140. The SMILES string of the molecule is CCNC(=NCCCCN1CCCC(C)C1)NCCc1nc(C(F)(F)F)cs1.I. The molecule has 1 unspecified atom stereocenters. The first-order valence-electron chi connectivity index (χ1n) is 10.1. The Kier molecular flexibility index (Phi) is 12.4. The van der Waals surface area contributed by atoms with Gasteiger partial charge >= 0.3 is 6.18 Å². The highest BCUT2D eigenvalue weighted by Crippen LogP contribution is 2.30. The molecule has 1 aromatic rings. The predicted octanol–water partition coefficient (Wildman–Crippen LogP) is 4.39. The zero-order chi connectivity index (χ0) is 20.4. The van der Waals surface area contributed by atoms with Crippen LogP contribution in [0.5, 0.6) is 0 Å². The second-order valence-electron chi connectivity index (χ2n) is 7.32. The van der Waals surface area contributed by atoms with Gasteiger partial charge in [-0.3, -0.25) is 4.99 Å². The van der Waals surface area contributed by atoms with Crippen LogP contribution in [0.25, 0.3) is 0 Å². The van der Waals surface area contributed by atoms with Gasteiger partial charge in [0.25, 0.3) is 0 Å². The maximum absolute atomic E-state index is 12.6. The Morgan fingerprint density at radius 1 is 1.34 bits per heavy atom. The van der Waals surface area contributed by atoms with Crippen LogP contribution in [0, 0.1) is 5.92 Å². The second kappa shape index (κ2) is 13.6. The maximum atomic E-state index is 12.6. The molecule has 5 nitrogen and oxygen atoms in total. The van der Waals surface area contributed by atoms with Crippen molar-refractivity contribution in [1.29, 1.82) is 0 Å². The van der Waals surface area contributed by atoms with E-state index in [4.69, 9.17) is 0 Å². The van der Waals surface area contributed by atoms with Crippen LogP contribution in [0.4, 0.5) is 13.2 Å². The van der Waals surface area contributed by atoms with E-state index in [1.54, 1.807) is 0 Å². The molecular formula is C19H33F3IN5S. The number of hydrogen-bond donors (Lipinski definition) is 2. The highest BCUT2D eigenvalue weighted by Gasteiger charge is 2.33. The van der Waals surface area contributed by atoms with E-state index >= 15 is 0 Å². The number of rotatable bonds is 9. The van der Waals surface area contributed by atoms with Crippen molar-refractivity contribution in [1.82, 2.24) is 20.5 Å². The third-order valence-electron chi connectivity index (χ3n) is 4.71. The molecule has 2 rings (SSSR count).